The molecule has 0 saturated carbocycles. The summed E-state index contributed by atoms with van der Waals surface area (Å²) < 4.78 is 2.56. The van der Waals surface area contributed by atoms with E-state index in [1.807, 2.05) is 11.3 Å². The van der Waals surface area contributed by atoms with Crippen molar-refractivity contribution in [1.29, 1.82) is 0 Å². The van der Waals surface area contributed by atoms with Gasteiger partial charge < -0.3 is 0 Å². The topological polar surface area (TPSA) is 0 Å². The molecule has 0 radical (unpaired) electrons. The molecule has 1 aromatic heterocycles. The van der Waals surface area contributed by atoms with Crippen LogP contribution < -0.4 is 0 Å². The molecule has 0 nitrogen and oxygen atoms in total. The smallest absolute Gasteiger partial charge is 0.0432 e. The molecule has 14 heavy (non-hydrogen) atoms. The van der Waals surface area contributed by atoms with E-state index in [2.05, 4.69) is 54.6 Å². The molecule has 0 aliphatic rings. The van der Waals surface area contributed by atoms with Crippen molar-refractivity contribution in [1.82, 2.24) is 0 Å². The largest absolute Gasteiger partial charge is 0.139 e. The fraction of sp³-hybridized carbons (Fsp3) is 0.167. The average molecular weight is 267 g/mol. The van der Waals surface area contributed by atoms with Gasteiger partial charge in [-0.2, -0.15) is 0 Å². The molecule has 0 aliphatic carbocycles. The molecular formula is C12H11BrS. The summed E-state index contributed by atoms with van der Waals surface area (Å²) in [4.78, 5) is 1.33. The number of fused-ring (bicyclic) bond motifs is 1. The number of rotatable bonds is 1. The Labute approximate surface area is 96.4 Å². The Morgan fingerprint density at radius 2 is 2.14 bits per heavy atom. The summed E-state index contributed by atoms with van der Waals surface area (Å²) in [5.41, 5.74) is 2.39. The van der Waals surface area contributed by atoms with Crippen LogP contribution in [0, 0.1) is 6.92 Å². The predicted molar refractivity (Wildman–Crippen MR) is 69.0 cm³/mol. The standard InChI is InChI=1S/C12H11BrS/c1-7(2)9-5-4-6-10-11(13)8(3)14-12(9)10/h4-6H,1H2,2-3H3. The Kier molecular flexibility index (Phi) is 2.50. The first-order valence-corrected chi connectivity index (χ1v) is 6.05. The molecule has 0 bridgehead atoms. The first kappa shape index (κ1) is 9.94. The first-order chi connectivity index (χ1) is 6.61. The summed E-state index contributed by atoms with van der Waals surface area (Å²) in [6.07, 6.45) is 0. The van der Waals surface area contributed by atoms with Crippen molar-refractivity contribution in [2.45, 2.75) is 13.8 Å². The third-order valence-corrected chi connectivity index (χ3v) is 4.71. The second-order valence-electron chi connectivity index (χ2n) is 3.43. The van der Waals surface area contributed by atoms with Crippen LogP contribution in [0.3, 0.4) is 0 Å². The summed E-state index contributed by atoms with van der Waals surface area (Å²) in [6.45, 7) is 8.19. The predicted octanol–water partition coefficient (Wildman–Crippen LogP) is 5.01. The van der Waals surface area contributed by atoms with Crippen LogP contribution in [-0.4, -0.2) is 0 Å². The maximum absolute atomic E-state index is 4.01. The number of hydrogen-bond acceptors (Lipinski definition) is 1. The van der Waals surface area contributed by atoms with Gasteiger partial charge in [0.1, 0.15) is 0 Å². The van der Waals surface area contributed by atoms with Gasteiger partial charge in [0.2, 0.25) is 0 Å². The summed E-state index contributed by atoms with van der Waals surface area (Å²) in [5, 5.41) is 1.30. The van der Waals surface area contributed by atoms with Gasteiger partial charge in [-0.25, -0.2) is 0 Å². The molecule has 0 fully saturated rings. The minimum atomic E-state index is 1.13. The molecule has 0 aliphatic heterocycles. The van der Waals surface area contributed by atoms with Gasteiger partial charge in [0, 0.05) is 19.4 Å². The molecule has 1 aromatic carbocycles. The van der Waals surface area contributed by atoms with Crippen molar-refractivity contribution in [2.24, 2.45) is 0 Å². The first-order valence-electron chi connectivity index (χ1n) is 4.44. The van der Waals surface area contributed by atoms with E-state index in [0.29, 0.717) is 0 Å². The molecule has 0 spiro atoms. The molecule has 0 saturated heterocycles. The van der Waals surface area contributed by atoms with Gasteiger partial charge in [-0.3, -0.25) is 0 Å². The lowest BCUT2D eigenvalue weighted by atomic mass is 10.1. The van der Waals surface area contributed by atoms with Gasteiger partial charge in [0.05, 0.1) is 0 Å². The number of aryl methyl sites for hydroxylation is 1. The third-order valence-electron chi connectivity index (χ3n) is 2.28. The maximum Gasteiger partial charge on any atom is 0.0432 e. The SMILES string of the molecule is C=C(C)c1cccc2c(Br)c(C)sc12. The fourth-order valence-corrected chi connectivity index (χ4v) is 3.39. The maximum atomic E-state index is 4.01. The molecule has 2 heteroatoms. The zero-order valence-electron chi connectivity index (χ0n) is 8.23. The number of hydrogen-bond donors (Lipinski definition) is 0. The van der Waals surface area contributed by atoms with Gasteiger partial charge >= 0.3 is 0 Å². The van der Waals surface area contributed by atoms with Crippen molar-refractivity contribution in [3.05, 3.63) is 39.7 Å². The lowest BCUT2D eigenvalue weighted by Crippen LogP contribution is -1.76. The van der Waals surface area contributed by atoms with Gasteiger partial charge in [-0.15, -0.1) is 11.3 Å². The zero-order chi connectivity index (χ0) is 10.3. The van der Waals surface area contributed by atoms with E-state index < -0.39 is 0 Å². The van der Waals surface area contributed by atoms with Crippen LogP contribution >= 0.6 is 27.3 Å². The van der Waals surface area contributed by atoms with Crippen molar-refractivity contribution < 1.29 is 0 Å². The summed E-state index contributed by atoms with van der Waals surface area (Å²) >= 11 is 5.44. The number of thiophene rings is 1. The van der Waals surface area contributed by atoms with Gasteiger partial charge in [0.25, 0.3) is 0 Å². The quantitative estimate of drug-likeness (QED) is 0.681. The highest BCUT2D eigenvalue weighted by molar-refractivity contribution is 9.10. The normalized spacial score (nSPS) is 10.8. The summed E-state index contributed by atoms with van der Waals surface area (Å²) in [5.74, 6) is 0. The van der Waals surface area contributed by atoms with Crippen molar-refractivity contribution in [3.63, 3.8) is 0 Å². The number of benzene rings is 1. The van der Waals surface area contributed by atoms with Crippen LogP contribution in [0.1, 0.15) is 17.4 Å². The van der Waals surface area contributed by atoms with Crippen molar-refractivity contribution in [3.8, 4) is 0 Å². The van der Waals surface area contributed by atoms with E-state index in [0.717, 1.165) is 5.57 Å². The van der Waals surface area contributed by atoms with E-state index in [9.17, 15) is 0 Å². The second kappa shape index (κ2) is 3.52. The van der Waals surface area contributed by atoms with Crippen LogP contribution in [0.15, 0.2) is 29.3 Å². The Morgan fingerprint density at radius 1 is 1.43 bits per heavy atom. The molecule has 1 heterocycles. The van der Waals surface area contributed by atoms with Crippen LogP contribution in [-0.2, 0) is 0 Å². The number of allylic oxidation sites excluding steroid dienone is 1. The molecule has 2 rings (SSSR count). The highest BCUT2D eigenvalue weighted by atomic mass is 79.9. The highest BCUT2D eigenvalue weighted by Crippen LogP contribution is 2.38. The molecule has 0 unspecified atom stereocenters. The fourth-order valence-electron chi connectivity index (χ4n) is 1.54. The number of halogens is 1. The Morgan fingerprint density at radius 3 is 2.79 bits per heavy atom. The Hall–Kier alpha value is -0.600. The van der Waals surface area contributed by atoms with Crippen LogP contribution in [0.2, 0.25) is 0 Å². The Bertz CT molecular complexity index is 508. The minimum Gasteiger partial charge on any atom is -0.139 e. The van der Waals surface area contributed by atoms with Gasteiger partial charge in [0.15, 0.2) is 0 Å². The monoisotopic (exact) mass is 266 g/mol. The molecular weight excluding hydrogens is 256 g/mol. The molecule has 0 amide bonds. The van der Waals surface area contributed by atoms with E-state index in [1.165, 1.54) is 25.0 Å². The molecule has 2 aromatic rings. The second-order valence-corrected chi connectivity index (χ2v) is 5.45. The lowest BCUT2D eigenvalue weighted by molar-refractivity contribution is 1.61. The lowest BCUT2D eigenvalue weighted by Gasteiger charge is -2.00. The molecule has 72 valence electrons. The Balaban J connectivity index is 2.88. The van der Waals surface area contributed by atoms with Crippen LogP contribution in [0.4, 0.5) is 0 Å². The van der Waals surface area contributed by atoms with Crippen LogP contribution in [0.25, 0.3) is 15.7 Å². The summed E-state index contributed by atoms with van der Waals surface area (Å²) in [6, 6.07) is 6.37. The highest BCUT2D eigenvalue weighted by Gasteiger charge is 2.09. The van der Waals surface area contributed by atoms with Gasteiger partial charge in [-0.05, 0) is 40.9 Å². The van der Waals surface area contributed by atoms with E-state index in [1.54, 1.807) is 0 Å². The van der Waals surface area contributed by atoms with Crippen molar-refractivity contribution >= 4 is 42.9 Å². The zero-order valence-corrected chi connectivity index (χ0v) is 10.6. The third kappa shape index (κ3) is 1.43. The molecule has 0 atom stereocenters. The van der Waals surface area contributed by atoms with Crippen molar-refractivity contribution in [2.75, 3.05) is 0 Å². The van der Waals surface area contributed by atoms with Crippen LogP contribution in [0.5, 0.6) is 0 Å². The van der Waals surface area contributed by atoms with E-state index >= 15 is 0 Å². The minimum absolute atomic E-state index is 1.13. The van der Waals surface area contributed by atoms with E-state index in [4.69, 9.17) is 0 Å². The van der Waals surface area contributed by atoms with Gasteiger partial charge in [-0.1, -0.05) is 24.8 Å². The average Bonchev–Trinajstić information content (AvgIpc) is 2.43. The molecule has 0 N–H and O–H groups in total. The van der Waals surface area contributed by atoms with E-state index in [-0.39, 0.29) is 0 Å². The summed E-state index contributed by atoms with van der Waals surface area (Å²) in [7, 11) is 0.